The number of aromatic nitrogens is 1. The molecule has 0 unspecified atom stereocenters. The fourth-order valence-electron chi connectivity index (χ4n) is 2.44. The van der Waals surface area contributed by atoms with Crippen molar-refractivity contribution in [3.63, 3.8) is 0 Å². The maximum Gasteiger partial charge on any atom is 0.191 e. The van der Waals surface area contributed by atoms with Crippen LogP contribution in [0.25, 0.3) is 0 Å². The third kappa shape index (κ3) is 7.44. The molecule has 0 saturated heterocycles. The van der Waals surface area contributed by atoms with Crippen molar-refractivity contribution in [1.82, 2.24) is 15.6 Å². The molecule has 0 aliphatic rings. The number of nitrogens with zero attached hydrogens (tertiary/aromatic N) is 2. The number of guanidine groups is 1. The Bertz CT molecular complexity index is 667. The van der Waals surface area contributed by atoms with Crippen LogP contribution in [-0.4, -0.2) is 37.7 Å². The Morgan fingerprint density at radius 2 is 1.88 bits per heavy atom. The number of hydrogen-bond acceptors (Lipinski definition) is 4. The summed E-state index contributed by atoms with van der Waals surface area (Å²) in [5.74, 6) is 1.78. The molecule has 5 nitrogen and oxygen atoms in total. The van der Waals surface area contributed by atoms with Crippen LogP contribution in [0.1, 0.15) is 35.2 Å². The molecule has 2 N–H and O–H groups in total. The van der Waals surface area contributed by atoms with Crippen LogP contribution in [0.15, 0.2) is 35.5 Å². The molecule has 0 radical (unpaired) electrons. The zero-order chi connectivity index (χ0) is 18.6. The van der Waals surface area contributed by atoms with Gasteiger partial charge >= 0.3 is 0 Å². The second kappa shape index (κ2) is 11.5. The van der Waals surface area contributed by atoms with Gasteiger partial charge in [0.2, 0.25) is 0 Å². The number of rotatable bonds is 10. The molecule has 0 amide bonds. The van der Waals surface area contributed by atoms with Crippen molar-refractivity contribution < 1.29 is 4.74 Å². The van der Waals surface area contributed by atoms with Crippen molar-refractivity contribution in [2.45, 2.75) is 39.5 Å². The number of aliphatic imine (C=N–C) groups is 1. The molecule has 0 aliphatic heterocycles. The molecule has 0 fully saturated rings. The minimum atomic E-state index is 0.792. The Morgan fingerprint density at radius 1 is 1.15 bits per heavy atom. The number of aryl methyl sites for hydroxylation is 1. The molecule has 142 valence electrons. The van der Waals surface area contributed by atoms with Gasteiger partial charge in [-0.1, -0.05) is 25.5 Å². The minimum absolute atomic E-state index is 0.792. The van der Waals surface area contributed by atoms with Crippen LogP contribution in [0.4, 0.5) is 0 Å². The molecular weight excluding hydrogens is 344 g/mol. The fraction of sp³-hybridized carbons (Fsp3) is 0.500. The number of nitrogens with one attached hydrogen (secondary N) is 2. The standard InChI is InChI=1S/C20H30N4OS/c1-4-5-14-25-18-8-6-17(7-9-18)10-12-22-20(21-3)23-13-11-19-24-15-16(2)26-19/h6-9,15H,4-5,10-14H2,1-3H3,(H2,21,22,23). The number of benzene rings is 1. The van der Waals surface area contributed by atoms with E-state index >= 15 is 0 Å². The summed E-state index contributed by atoms with van der Waals surface area (Å²) in [5, 5.41) is 7.85. The Kier molecular flexibility index (Phi) is 8.96. The SMILES string of the molecule is CCCCOc1ccc(CCNC(=NC)NCCc2ncc(C)s2)cc1. The number of hydrogen-bond donors (Lipinski definition) is 2. The fourth-order valence-corrected chi connectivity index (χ4v) is 3.22. The number of ether oxygens (including phenoxy) is 1. The molecule has 2 aromatic rings. The van der Waals surface area contributed by atoms with E-state index in [1.807, 2.05) is 18.3 Å². The van der Waals surface area contributed by atoms with Gasteiger partial charge in [-0.05, 0) is 37.5 Å². The van der Waals surface area contributed by atoms with Crippen molar-refractivity contribution in [3.8, 4) is 5.75 Å². The predicted octanol–water partition coefficient (Wildman–Crippen LogP) is 3.58. The van der Waals surface area contributed by atoms with Crippen molar-refractivity contribution in [1.29, 1.82) is 0 Å². The van der Waals surface area contributed by atoms with Gasteiger partial charge in [0.25, 0.3) is 0 Å². The van der Waals surface area contributed by atoms with E-state index in [1.54, 1.807) is 18.4 Å². The van der Waals surface area contributed by atoms with Crippen molar-refractivity contribution in [3.05, 3.63) is 45.9 Å². The highest BCUT2D eigenvalue weighted by molar-refractivity contribution is 7.11. The van der Waals surface area contributed by atoms with Crippen molar-refractivity contribution in [2.75, 3.05) is 26.7 Å². The molecule has 0 aliphatic carbocycles. The van der Waals surface area contributed by atoms with Gasteiger partial charge in [0.1, 0.15) is 5.75 Å². The van der Waals surface area contributed by atoms with Gasteiger partial charge in [0, 0.05) is 37.6 Å². The van der Waals surface area contributed by atoms with Crippen LogP contribution in [0, 0.1) is 6.92 Å². The quantitative estimate of drug-likeness (QED) is 0.379. The van der Waals surface area contributed by atoms with E-state index in [1.165, 1.54) is 10.4 Å². The summed E-state index contributed by atoms with van der Waals surface area (Å²) in [5.41, 5.74) is 1.29. The normalized spacial score (nSPS) is 11.4. The summed E-state index contributed by atoms with van der Waals surface area (Å²) in [6.07, 6.45) is 6.04. The summed E-state index contributed by atoms with van der Waals surface area (Å²) >= 11 is 1.75. The van der Waals surface area contributed by atoms with E-state index in [9.17, 15) is 0 Å². The molecule has 0 saturated carbocycles. The highest BCUT2D eigenvalue weighted by Gasteiger charge is 2.01. The van der Waals surface area contributed by atoms with Crippen molar-refractivity contribution >= 4 is 17.3 Å². The third-order valence-electron chi connectivity index (χ3n) is 3.92. The Balaban J connectivity index is 1.65. The second-order valence-corrected chi connectivity index (χ2v) is 7.46. The first kappa shape index (κ1) is 20.2. The summed E-state index contributed by atoms with van der Waals surface area (Å²) in [6, 6.07) is 8.36. The zero-order valence-electron chi connectivity index (χ0n) is 16.0. The number of thiazole rings is 1. The van der Waals surface area contributed by atoms with Crippen LogP contribution in [0.3, 0.4) is 0 Å². The van der Waals surface area contributed by atoms with Crippen molar-refractivity contribution in [2.24, 2.45) is 4.99 Å². The summed E-state index contributed by atoms with van der Waals surface area (Å²) in [7, 11) is 1.80. The first-order valence-electron chi connectivity index (χ1n) is 9.29. The van der Waals surface area contributed by atoms with Crippen LogP contribution in [0.5, 0.6) is 5.75 Å². The maximum atomic E-state index is 5.69. The molecule has 2 rings (SSSR count). The van der Waals surface area contributed by atoms with Gasteiger partial charge in [0.15, 0.2) is 5.96 Å². The van der Waals surface area contributed by atoms with E-state index < -0.39 is 0 Å². The molecule has 1 aromatic heterocycles. The van der Waals surface area contributed by atoms with Crippen LogP contribution < -0.4 is 15.4 Å². The monoisotopic (exact) mass is 374 g/mol. The summed E-state index contributed by atoms with van der Waals surface area (Å²) in [4.78, 5) is 9.90. The van der Waals surface area contributed by atoms with E-state index in [0.717, 1.165) is 62.1 Å². The Labute approximate surface area is 160 Å². The first-order valence-corrected chi connectivity index (χ1v) is 10.1. The molecule has 26 heavy (non-hydrogen) atoms. The van der Waals surface area contributed by atoms with E-state index in [4.69, 9.17) is 4.74 Å². The van der Waals surface area contributed by atoms with E-state index in [2.05, 4.69) is 46.6 Å². The van der Waals surface area contributed by atoms with Gasteiger partial charge in [-0.2, -0.15) is 0 Å². The second-order valence-electron chi connectivity index (χ2n) is 6.14. The van der Waals surface area contributed by atoms with Crippen LogP contribution in [-0.2, 0) is 12.8 Å². The van der Waals surface area contributed by atoms with Gasteiger partial charge in [0.05, 0.1) is 11.6 Å². The lowest BCUT2D eigenvalue weighted by Gasteiger charge is -2.11. The largest absolute Gasteiger partial charge is 0.494 e. The molecular formula is C20H30N4OS. The average Bonchev–Trinajstić information content (AvgIpc) is 3.07. The molecule has 1 heterocycles. The molecule has 1 aromatic carbocycles. The smallest absolute Gasteiger partial charge is 0.191 e. The van der Waals surface area contributed by atoms with Crippen LogP contribution >= 0.6 is 11.3 Å². The third-order valence-corrected chi connectivity index (χ3v) is 4.89. The lowest BCUT2D eigenvalue weighted by molar-refractivity contribution is 0.309. The predicted molar refractivity (Wildman–Crippen MR) is 110 cm³/mol. The first-order chi connectivity index (χ1) is 12.7. The Morgan fingerprint density at radius 3 is 2.50 bits per heavy atom. The number of unbranched alkanes of at least 4 members (excludes halogenated alkanes) is 1. The lowest BCUT2D eigenvalue weighted by atomic mass is 10.1. The summed E-state index contributed by atoms with van der Waals surface area (Å²) in [6.45, 7) is 6.71. The molecule has 0 atom stereocenters. The minimum Gasteiger partial charge on any atom is -0.494 e. The molecule has 6 heteroatoms. The maximum absolute atomic E-state index is 5.69. The molecule has 0 bridgehead atoms. The summed E-state index contributed by atoms with van der Waals surface area (Å²) < 4.78 is 5.69. The topological polar surface area (TPSA) is 58.5 Å². The lowest BCUT2D eigenvalue weighted by Crippen LogP contribution is -2.39. The van der Waals surface area contributed by atoms with Gasteiger partial charge in [-0.15, -0.1) is 11.3 Å². The average molecular weight is 375 g/mol. The highest BCUT2D eigenvalue weighted by atomic mass is 32.1. The van der Waals surface area contributed by atoms with Gasteiger partial charge in [-0.3, -0.25) is 4.99 Å². The van der Waals surface area contributed by atoms with Gasteiger partial charge in [-0.25, -0.2) is 4.98 Å². The van der Waals surface area contributed by atoms with Gasteiger partial charge < -0.3 is 15.4 Å². The Hall–Kier alpha value is -2.08. The van der Waals surface area contributed by atoms with E-state index in [-0.39, 0.29) is 0 Å². The van der Waals surface area contributed by atoms with Crippen LogP contribution in [0.2, 0.25) is 0 Å². The van der Waals surface area contributed by atoms with E-state index in [0.29, 0.717) is 0 Å². The zero-order valence-corrected chi connectivity index (χ0v) is 16.9. The highest BCUT2D eigenvalue weighted by Crippen LogP contribution is 2.13. The molecule has 0 spiro atoms.